The lowest BCUT2D eigenvalue weighted by Crippen LogP contribution is -2.14. The highest BCUT2D eigenvalue weighted by atomic mass is 32.2. The van der Waals surface area contributed by atoms with E-state index in [4.69, 9.17) is 4.42 Å². The molecule has 4 rings (SSSR count). The van der Waals surface area contributed by atoms with E-state index in [0.29, 0.717) is 16.8 Å². The van der Waals surface area contributed by atoms with Gasteiger partial charge in [-0.05, 0) is 19.9 Å². The van der Waals surface area contributed by atoms with E-state index in [1.54, 1.807) is 6.26 Å². The number of carbonyl (C=O) groups excluding carboxylic acids is 1. The minimum Gasteiger partial charge on any atom is -0.469 e. The molecule has 0 spiro atoms. The average molecular weight is 426 g/mol. The molecule has 1 aromatic carbocycles. The highest BCUT2D eigenvalue weighted by molar-refractivity contribution is 7.99. The smallest absolute Gasteiger partial charge is 0.236 e. The van der Waals surface area contributed by atoms with Crippen molar-refractivity contribution in [3.63, 3.8) is 0 Å². The number of anilines is 1. The van der Waals surface area contributed by atoms with Gasteiger partial charge in [-0.3, -0.25) is 4.79 Å². The third-order valence-electron chi connectivity index (χ3n) is 4.29. The largest absolute Gasteiger partial charge is 0.469 e. The Morgan fingerprint density at radius 1 is 1.24 bits per heavy atom. The van der Waals surface area contributed by atoms with Crippen LogP contribution in [-0.4, -0.2) is 31.4 Å². The number of thioether (sulfide) groups is 1. The van der Waals surface area contributed by atoms with Gasteiger partial charge in [0.05, 0.1) is 23.3 Å². The second-order valence-electron chi connectivity index (χ2n) is 6.18. The van der Waals surface area contributed by atoms with E-state index in [0.717, 1.165) is 28.4 Å². The summed E-state index contributed by atoms with van der Waals surface area (Å²) >= 11 is 2.76. The molecule has 1 N–H and O–H groups in total. The zero-order valence-electron chi connectivity index (χ0n) is 16.0. The molecule has 0 fully saturated rings. The lowest BCUT2D eigenvalue weighted by Gasteiger charge is -2.06. The van der Waals surface area contributed by atoms with Gasteiger partial charge in [-0.15, -0.1) is 21.5 Å². The summed E-state index contributed by atoms with van der Waals surface area (Å²) in [6, 6.07) is 11.8. The fourth-order valence-electron chi connectivity index (χ4n) is 2.85. The maximum atomic E-state index is 12.4. The van der Waals surface area contributed by atoms with Crippen molar-refractivity contribution < 1.29 is 9.21 Å². The zero-order valence-corrected chi connectivity index (χ0v) is 17.6. The van der Waals surface area contributed by atoms with Gasteiger partial charge in [-0.25, -0.2) is 4.98 Å². The number of amides is 1. The van der Waals surface area contributed by atoms with Crippen LogP contribution in [0.15, 0.2) is 57.6 Å². The van der Waals surface area contributed by atoms with Gasteiger partial charge in [-0.2, -0.15) is 0 Å². The van der Waals surface area contributed by atoms with Gasteiger partial charge in [0.2, 0.25) is 5.91 Å². The van der Waals surface area contributed by atoms with Crippen LogP contribution in [0.25, 0.3) is 22.6 Å². The molecule has 0 radical (unpaired) electrons. The molecule has 29 heavy (non-hydrogen) atoms. The third-order valence-corrected chi connectivity index (χ3v) is 6.01. The molecule has 0 aliphatic rings. The first-order chi connectivity index (χ1) is 14.2. The van der Waals surface area contributed by atoms with Crippen LogP contribution in [0, 0.1) is 6.92 Å². The van der Waals surface area contributed by atoms with Crippen molar-refractivity contribution in [2.75, 3.05) is 11.1 Å². The van der Waals surface area contributed by atoms with Crippen molar-refractivity contribution in [3.05, 3.63) is 53.8 Å². The number of furan rings is 1. The highest BCUT2D eigenvalue weighted by Gasteiger charge is 2.17. The SMILES string of the molecule is CCn1c(SCC(=O)Nc2nc(-c3ccccc3)cs2)nnc1-c1ccoc1C. The molecule has 0 saturated carbocycles. The Morgan fingerprint density at radius 3 is 2.79 bits per heavy atom. The van der Waals surface area contributed by atoms with E-state index in [2.05, 4.69) is 20.5 Å². The summed E-state index contributed by atoms with van der Waals surface area (Å²) in [7, 11) is 0. The average Bonchev–Trinajstić information content (AvgIpc) is 3.46. The van der Waals surface area contributed by atoms with Gasteiger partial charge in [-0.1, -0.05) is 42.1 Å². The molecule has 0 unspecified atom stereocenters. The van der Waals surface area contributed by atoms with E-state index in [1.807, 2.05) is 60.2 Å². The first-order valence-electron chi connectivity index (χ1n) is 9.07. The Hall–Kier alpha value is -2.91. The molecule has 0 bridgehead atoms. The number of thiazole rings is 1. The standard InChI is InChI=1S/C20H19N5O2S2/c1-3-25-18(15-9-10-27-13(15)2)23-24-20(25)29-12-17(26)22-19-21-16(11-28-19)14-7-5-4-6-8-14/h4-11H,3,12H2,1-2H3,(H,21,22,26). The first kappa shape index (κ1) is 19.4. The molecule has 0 atom stereocenters. The minimum atomic E-state index is -0.129. The second kappa shape index (κ2) is 8.62. The van der Waals surface area contributed by atoms with Crippen LogP contribution < -0.4 is 5.32 Å². The van der Waals surface area contributed by atoms with Gasteiger partial charge >= 0.3 is 0 Å². The topological polar surface area (TPSA) is 85.8 Å². The van der Waals surface area contributed by atoms with E-state index in [9.17, 15) is 4.79 Å². The lowest BCUT2D eigenvalue weighted by atomic mass is 10.2. The van der Waals surface area contributed by atoms with Crippen molar-refractivity contribution in [1.82, 2.24) is 19.7 Å². The summed E-state index contributed by atoms with van der Waals surface area (Å²) in [6.45, 7) is 4.61. The number of hydrogen-bond acceptors (Lipinski definition) is 7. The van der Waals surface area contributed by atoms with Gasteiger partial charge in [0, 0.05) is 17.5 Å². The highest BCUT2D eigenvalue weighted by Crippen LogP contribution is 2.28. The maximum Gasteiger partial charge on any atom is 0.236 e. The summed E-state index contributed by atoms with van der Waals surface area (Å²) in [5.74, 6) is 1.63. The van der Waals surface area contributed by atoms with Crippen molar-refractivity contribution >= 4 is 34.1 Å². The van der Waals surface area contributed by atoms with Crippen molar-refractivity contribution in [2.45, 2.75) is 25.5 Å². The molecule has 148 valence electrons. The minimum absolute atomic E-state index is 0.129. The molecule has 0 aliphatic heterocycles. The summed E-state index contributed by atoms with van der Waals surface area (Å²) in [6.07, 6.45) is 1.64. The predicted molar refractivity (Wildman–Crippen MR) is 115 cm³/mol. The zero-order chi connectivity index (χ0) is 20.2. The van der Waals surface area contributed by atoms with Crippen LogP contribution in [0.5, 0.6) is 0 Å². The van der Waals surface area contributed by atoms with Crippen molar-refractivity contribution in [1.29, 1.82) is 0 Å². The Bertz CT molecular complexity index is 1120. The molecule has 9 heteroatoms. The van der Waals surface area contributed by atoms with Crippen LogP contribution in [-0.2, 0) is 11.3 Å². The molecule has 4 aromatic rings. The van der Waals surface area contributed by atoms with E-state index in [-0.39, 0.29) is 11.7 Å². The van der Waals surface area contributed by atoms with Crippen LogP contribution in [0.1, 0.15) is 12.7 Å². The number of carbonyl (C=O) groups is 1. The van der Waals surface area contributed by atoms with E-state index in [1.165, 1.54) is 23.1 Å². The molecule has 0 saturated heterocycles. The molecule has 1 amide bonds. The Labute approximate surface area is 176 Å². The number of aromatic nitrogens is 4. The van der Waals surface area contributed by atoms with Crippen LogP contribution in [0.3, 0.4) is 0 Å². The van der Waals surface area contributed by atoms with Crippen molar-refractivity contribution in [3.8, 4) is 22.6 Å². The first-order valence-corrected chi connectivity index (χ1v) is 10.9. The van der Waals surface area contributed by atoms with Gasteiger partial charge in [0.15, 0.2) is 16.1 Å². The van der Waals surface area contributed by atoms with Gasteiger partial charge < -0.3 is 14.3 Å². The quantitative estimate of drug-likeness (QED) is 0.431. The Morgan fingerprint density at radius 2 is 2.07 bits per heavy atom. The normalized spacial score (nSPS) is 11.0. The molecular formula is C20H19N5O2S2. The number of hydrogen-bond donors (Lipinski definition) is 1. The molecule has 7 nitrogen and oxygen atoms in total. The predicted octanol–water partition coefficient (Wildman–Crippen LogP) is 4.72. The van der Waals surface area contributed by atoms with Gasteiger partial charge in [0.25, 0.3) is 0 Å². The number of nitrogens with one attached hydrogen (secondary N) is 1. The number of rotatable bonds is 7. The summed E-state index contributed by atoms with van der Waals surface area (Å²) < 4.78 is 7.35. The lowest BCUT2D eigenvalue weighted by molar-refractivity contribution is -0.113. The van der Waals surface area contributed by atoms with Crippen molar-refractivity contribution in [2.24, 2.45) is 0 Å². The van der Waals surface area contributed by atoms with Gasteiger partial charge in [0.1, 0.15) is 5.76 Å². The maximum absolute atomic E-state index is 12.4. The fraction of sp³-hybridized carbons (Fsp3) is 0.200. The monoisotopic (exact) mass is 425 g/mol. The molecular weight excluding hydrogens is 406 g/mol. The summed E-state index contributed by atoms with van der Waals surface area (Å²) in [5.41, 5.74) is 2.79. The third kappa shape index (κ3) is 4.25. The summed E-state index contributed by atoms with van der Waals surface area (Å²) in [5, 5.41) is 14.6. The van der Waals surface area contributed by atoms with Crippen LogP contribution in [0.2, 0.25) is 0 Å². The fourth-order valence-corrected chi connectivity index (χ4v) is 4.39. The van der Waals surface area contributed by atoms with E-state index >= 15 is 0 Å². The Kier molecular flexibility index (Phi) is 5.77. The molecule has 3 heterocycles. The molecule has 0 aliphatic carbocycles. The molecule has 3 aromatic heterocycles. The summed E-state index contributed by atoms with van der Waals surface area (Å²) in [4.78, 5) is 16.9. The van der Waals surface area contributed by atoms with Crippen LogP contribution in [0.4, 0.5) is 5.13 Å². The number of benzene rings is 1. The van der Waals surface area contributed by atoms with Crippen LogP contribution >= 0.6 is 23.1 Å². The second-order valence-corrected chi connectivity index (χ2v) is 7.98. The number of nitrogens with zero attached hydrogens (tertiary/aromatic N) is 4. The number of aryl methyl sites for hydroxylation is 1. The van der Waals surface area contributed by atoms with E-state index < -0.39 is 0 Å². The Balaban J connectivity index is 1.40.